The minimum absolute atomic E-state index is 0.109. The molecule has 9 heteroatoms. The molecule has 0 saturated carbocycles. The van der Waals surface area contributed by atoms with Crippen molar-refractivity contribution in [1.82, 2.24) is 4.98 Å². The molecule has 0 unspecified atom stereocenters. The molecule has 0 radical (unpaired) electrons. The SMILES string of the molecule is O=C1[C@H](SC[C@@H](O)c2ccc(F)cc2)[C@@H](c2ccc(O)cc2O)N1c1ccc(-c2cncc(F)c2)cc1. The summed E-state index contributed by atoms with van der Waals surface area (Å²) in [7, 11) is 0. The molecule has 0 aliphatic carbocycles. The van der Waals surface area contributed by atoms with Gasteiger partial charge in [-0.1, -0.05) is 24.3 Å². The molecule has 1 fully saturated rings. The molecule has 1 aromatic heterocycles. The van der Waals surface area contributed by atoms with Gasteiger partial charge in [-0.15, -0.1) is 11.8 Å². The second-order valence-electron chi connectivity index (χ2n) is 8.66. The van der Waals surface area contributed by atoms with Gasteiger partial charge in [0.2, 0.25) is 5.91 Å². The van der Waals surface area contributed by atoms with Crippen molar-refractivity contribution in [2.75, 3.05) is 10.7 Å². The number of pyridine rings is 1. The zero-order valence-electron chi connectivity index (χ0n) is 19.3. The Kier molecular flexibility index (Phi) is 6.82. The molecule has 5 rings (SSSR count). The number of aromatic hydroxyl groups is 2. The molecule has 37 heavy (non-hydrogen) atoms. The molecule has 1 amide bonds. The van der Waals surface area contributed by atoms with E-state index in [4.69, 9.17) is 0 Å². The zero-order chi connectivity index (χ0) is 26.1. The molecule has 3 atom stereocenters. The fourth-order valence-corrected chi connectivity index (χ4v) is 5.65. The van der Waals surface area contributed by atoms with E-state index in [2.05, 4.69) is 4.98 Å². The molecule has 0 spiro atoms. The summed E-state index contributed by atoms with van der Waals surface area (Å²) >= 11 is 1.24. The van der Waals surface area contributed by atoms with Crippen LogP contribution in [0.2, 0.25) is 0 Å². The van der Waals surface area contributed by atoms with Crippen molar-refractivity contribution in [3.8, 4) is 22.6 Å². The largest absolute Gasteiger partial charge is 0.508 e. The monoisotopic (exact) mass is 520 g/mol. The number of hydrogen-bond donors (Lipinski definition) is 3. The van der Waals surface area contributed by atoms with Gasteiger partial charge in [0.1, 0.15) is 28.4 Å². The summed E-state index contributed by atoms with van der Waals surface area (Å²) in [6, 6.07) is 17.5. The molecule has 1 saturated heterocycles. The van der Waals surface area contributed by atoms with Crippen LogP contribution in [0.3, 0.4) is 0 Å². The average Bonchev–Trinajstić information content (AvgIpc) is 2.88. The van der Waals surface area contributed by atoms with Crippen LogP contribution in [-0.2, 0) is 4.79 Å². The number of aliphatic hydroxyl groups excluding tert-OH is 1. The lowest BCUT2D eigenvalue weighted by atomic mass is 9.91. The Balaban J connectivity index is 1.40. The Morgan fingerprint density at radius 2 is 1.62 bits per heavy atom. The number of aliphatic hydroxyl groups is 1. The number of carbonyl (C=O) groups excluding carboxylic acids is 1. The first-order valence-electron chi connectivity index (χ1n) is 11.4. The summed E-state index contributed by atoms with van der Waals surface area (Å²) in [6.07, 6.45) is 1.75. The molecular weight excluding hydrogens is 498 g/mol. The zero-order valence-corrected chi connectivity index (χ0v) is 20.1. The quantitative estimate of drug-likeness (QED) is 0.284. The van der Waals surface area contributed by atoms with Crippen LogP contribution in [0.15, 0.2) is 85.2 Å². The standard InChI is InChI=1S/C28H22F2N2O4S/c29-19-5-1-17(2-6-19)25(35)15-37-27-26(23-10-9-22(33)12-24(23)34)32(28(27)36)21-7-3-16(4-8-21)18-11-20(30)14-31-13-18/h1-14,25-27,33-35H,15H2/t25-,26-,27-/m1/s1. The first kappa shape index (κ1) is 24.7. The normalized spacial score (nSPS) is 17.9. The molecule has 188 valence electrons. The number of hydrogen-bond acceptors (Lipinski definition) is 6. The van der Waals surface area contributed by atoms with Gasteiger partial charge < -0.3 is 20.2 Å². The Morgan fingerprint density at radius 1 is 0.892 bits per heavy atom. The number of carbonyl (C=O) groups is 1. The third-order valence-corrected chi connectivity index (χ3v) is 7.58. The van der Waals surface area contributed by atoms with Gasteiger partial charge >= 0.3 is 0 Å². The first-order chi connectivity index (χ1) is 17.8. The second kappa shape index (κ2) is 10.2. The fraction of sp³-hybridized carbons (Fsp3) is 0.143. The lowest BCUT2D eigenvalue weighted by Gasteiger charge is -2.47. The Bertz CT molecular complexity index is 1430. The molecule has 4 aromatic rings. The van der Waals surface area contributed by atoms with E-state index in [0.29, 0.717) is 22.4 Å². The van der Waals surface area contributed by atoms with Gasteiger partial charge in [0.25, 0.3) is 0 Å². The molecule has 3 aromatic carbocycles. The van der Waals surface area contributed by atoms with E-state index in [0.717, 1.165) is 11.8 Å². The summed E-state index contributed by atoms with van der Waals surface area (Å²) in [5.41, 5.74) is 2.87. The van der Waals surface area contributed by atoms with Gasteiger partial charge in [0, 0.05) is 34.8 Å². The number of phenolic OH excluding ortho intramolecular Hbond substituents is 2. The molecule has 1 aliphatic heterocycles. The van der Waals surface area contributed by atoms with Crippen molar-refractivity contribution < 1.29 is 28.9 Å². The van der Waals surface area contributed by atoms with Gasteiger partial charge in [0.15, 0.2) is 0 Å². The summed E-state index contributed by atoms with van der Waals surface area (Å²) in [6.45, 7) is 0. The molecule has 2 heterocycles. The van der Waals surface area contributed by atoms with Crippen LogP contribution >= 0.6 is 11.8 Å². The Morgan fingerprint density at radius 3 is 2.30 bits per heavy atom. The van der Waals surface area contributed by atoms with E-state index in [1.54, 1.807) is 41.4 Å². The average molecular weight is 521 g/mol. The van der Waals surface area contributed by atoms with E-state index in [9.17, 15) is 28.9 Å². The smallest absolute Gasteiger partial charge is 0.243 e. The topological polar surface area (TPSA) is 93.9 Å². The van der Waals surface area contributed by atoms with Crippen LogP contribution in [-0.4, -0.2) is 37.2 Å². The minimum atomic E-state index is -0.916. The summed E-state index contributed by atoms with van der Waals surface area (Å²) < 4.78 is 26.8. The highest BCUT2D eigenvalue weighted by atomic mass is 32.2. The van der Waals surface area contributed by atoms with Crippen LogP contribution in [0.25, 0.3) is 11.1 Å². The number of phenols is 2. The highest BCUT2D eigenvalue weighted by Gasteiger charge is 2.50. The van der Waals surface area contributed by atoms with Crippen molar-refractivity contribution in [1.29, 1.82) is 0 Å². The van der Waals surface area contributed by atoms with E-state index >= 15 is 0 Å². The molecule has 6 nitrogen and oxygen atoms in total. The number of halogens is 2. The number of benzene rings is 3. The van der Waals surface area contributed by atoms with E-state index in [-0.39, 0.29) is 23.2 Å². The summed E-state index contributed by atoms with van der Waals surface area (Å²) in [4.78, 5) is 18.7. The molecular formula is C28H22F2N2O4S. The number of nitrogens with zero attached hydrogens (tertiary/aromatic N) is 2. The molecule has 1 aliphatic rings. The van der Waals surface area contributed by atoms with Crippen molar-refractivity contribution in [3.63, 3.8) is 0 Å². The maximum absolute atomic E-state index is 13.6. The van der Waals surface area contributed by atoms with Crippen LogP contribution in [0, 0.1) is 11.6 Å². The number of aromatic nitrogens is 1. The maximum atomic E-state index is 13.6. The lowest BCUT2D eigenvalue weighted by molar-refractivity contribution is -0.123. The highest BCUT2D eigenvalue weighted by molar-refractivity contribution is 8.00. The molecule has 0 bridgehead atoms. The number of thioether (sulfide) groups is 1. The number of rotatable bonds is 7. The van der Waals surface area contributed by atoms with Crippen LogP contribution in [0.1, 0.15) is 23.3 Å². The first-order valence-corrected chi connectivity index (χ1v) is 12.5. The van der Waals surface area contributed by atoms with Gasteiger partial charge in [-0.05, 0) is 53.6 Å². The Labute approximate surface area is 215 Å². The van der Waals surface area contributed by atoms with Crippen molar-refractivity contribution >= 4 is 23.4 Å². The van der Waals surface area contributed by atoms with Gasteiger partial charge in [-0.2, -0.15) is 0 Å². The number of amides is 1. The molecule has 3 N–H and O–H groups in total. The van der Waals surface area contributed by atoms with Gasteiger partial charge in [-0.25, -0.2) is 8.78 Å². The van der Waals surface area contributed by atoms with Gasteiger partial charge in [-0.3, -0.25) is 9.78 Å². The third-order valence-electron chi connectivity index (χ3n) is 6.25. The van der Waals surface area contributed by atoms with Gasteiger partial charge in [0.05, 0.1) is 18.3 Å². The van der Waals surface area contributed by atoms with Crippen LogP contribution in [0.4, 0.5) is 14.5 Å². The Hall–Kier alpha value is -3.95. The van der Waals surface area contributed by atoms with E-state index < -0.39 is 29.0 Å². The summed E-state index contributed by atoms with van der Waals surface area (Å²) in [5.74, 6) is -1.16. The number of β-lactam (4-membered cyclic amide) rings is 1. The van der Waals surface area contributed by atoms with Crippen LogP contribution < -0.4 is 4.90 Å². The minimum Gasteiger partial charge on any atom is -0.508 e. The van der Waals surface area contributed by atoms with Crippen molar-refractivity contribution in [2.24, 2.45) is 0 Å². The maximum Gasteiger partial charge on any atom is 0.243 e. The highest BCUT2D eigenvalue weighted by Crippen LogP contribution is 2.48. The van der Waals surface area contributed by atoms with Crippen LogP contribution in [0.5, 0.6) is 11.5 Å². The van der Waals surface area contributed by atoms with Crippen molar-refractivity contribution in [3.05, 3.63) is 108 Å². The third kappa shape index (κ3) is 5.00. The second-order valence-corrected chi connectivity index (χ2v) is 9.83. The van der Waals surface area contributed by atoms with Crippen molar-refractivity contribution in [2.45, 2.75) is 17.4 Å². The van der Waals surface area contributed by atoms with E-state index in [1.165, 1.54) is 54.2 Å². The predicted molar refractivity (Wildman–Crippen MR) is 137 cm³/mol. The van der Waals surface area contributed by atoms with E-state index in [1.807, 2.05) is 0 Å². The predicted octanol–water partition coefficient (Wildman–Crippen LogP) is 5.36. The number of anilines is 1. The lowest BCUT2D eigenvalue weighted by Crippen LogP contribution is -2.57. The fourth-order valence-electron chi connectivity index (χ4n) is 4.36. The summed E-state index contributed by atoms with van der Waals surface area (Å²) in [5, 5.41) is 30.3.